The number of aromatic nitrogens is 2. The van der Waals surface area contributed by atoms with E-state index < -0.39 is 21.1 Å². The van der Waals surface area contributed by atoms with Crippen molar-refractivity contribution in [2.24, 2.45) is 5.73 Å². The van der Waals surface area contributed by atoms with Crippen LogP contribution < -0.4 is 5.73 Å². The van der Waals surface area contributed by atoms with Crippen LogP contribution in [0.2, 0.25) is 0 Å². The van der Waals surface area contributed by atoms with E-state index in [1.165, 1.54) is 0 Å². The zero-order valence-corrected chi connectivity index (χ0v) is 10.9. The van der Waals surface area contributed by atoms with Crippen molar-refractivity contribution in [3.8, 4) is 0 Å². The van der Waals surface area contributed by atoms with Crippen molar-refractivity contribution in [2.45, 2.75) is 44.0 Å². The molecule has 2 unspecified atom stereocenters. The number of aryl methyl sites for hydroxylation is 1. The van der Waals surface area contributed by atoms with Gasteiger partial charge in [-0.2, -0.15) is 5.10 Å². The molecule has 0 aliphatic carbocycles. The smallest absolute Gasteiger partial charge is 0.155 e. The molecule has 0 amide bonds. The summed E-state index contributed by atoms with van der Waals surface area (Å²) in [5.41, 5.74) is 6.95. The van der Waals surface area contributed by atoms with Crippen LogP contribution in [0.3, 0.4) is 0 Å². The molecule has 0 saturated carbocycles. The minimum absolute atomic E-state index is 0.269. The van der Waals surface area contributed by atoms with E-state index in [2.05, 4.69) is 5.10 Å². The maximum atomic E-state index is 12.0. The Balaban J connectivity index is 2.28. The number of nitrogens with zero attached hydrogens (tertiary/aromatic N) is 2. The van der Waals surface area contributed by atoms with Crippen LogP contribution in [-0.4, -0.2) is 29.2 Å². The summed E-state index contributed by atoms with van der Waals surface area (Å²) in [6, 6.07) is 1.36. The molecule has 2 atom stereocenters. The molecule has 1 aromatic rings. The monoisotopic (exact) mass is 257 g/mol. The highest BCUT2D eigenvalue weighted by Crippen LogP contribution is 2.28. The van der Waals surface area contributed by atoms with Gasteiger partial charge in [0.05, 0.1) is 22.7 Å². The molecule has 0 aromatic carbocycles. The molecule has 2 N–H and O–H groups in total. The van der Waals surface area contributed by atoms with Gasteiger partial charge in [-0.05, 0) is 25.8 Å². The van der Waals surface area contributed by atoms with Crippen LogP contribution in [0.15, 0.2) is 12.3 Å². The molecule has 6 heteroatoms. The van der Waals surface area contributed by atoms with Crippen LogP contribution >= 0.6 is 0 Å². The molecule has 0 spiro atoms. The molecule has 1 saturated heterocycles. The summed E-state index contributed by atoms with van der Waals surface area (Å²) in [5.74, 6) is 0.269. The van der Waals surface area contributed by atoms with Crippen LogP contribution in [0.1, 0.15) is 37.9 Å². The minimum atomic E-state index is -3.04. The summed E-state index contributed by atoms with van der Waals surface area (Å²) in [6.45, 7) is 2.68. The summed E-state index contributed by atoms with van der Waals surface area (Å²) in [5, 5.41) is 3.69. The lowest BCUT2D eigenvalue weighted by atomic mass is 10.1. The van der Waals surface area contributed by atoms with Crippen molar-refractivity contribution in [3.63, 3.8) is 0 Å². The van der Waals surface area contributed by atoms with Crippen LogP contribution in [0, 0.1) is 0 Å². The summed E-state index contributed by atoms with van der Waals surface area (Å²) in [6.07, 6.45) is 4.04. The Morgan fingerprint density at radius 3 is 3.00 bits per heavy atom. The van der Waals surface area contributed by atoms with Gasteiger partial charge in [-0.1, -0.05) is 6.42 Å². The lowest BCUT2D eigenvalue weighted by Gasteiger charge is -2.27. The van der Waals surface area contributed by atoms with Gasteiger partial charge in [-0.25, -0.2) is 8.42 Å². The Morgan fingerprint density at radius 1 is 1.59 bits per heavy atom. The van der Waals surface area contributed by atoms with E-state index in [1.54, 1.807) is 10.9 Å². The summed E-state index contributed by atoms with van der Waals surface area (Å²) in [4.78, 5) is 0. The fraction of sp³-hybridized carbons (Fsp3) is 0.727. The SMILES string of the molecule is CCn1nccc1C(N)C1CCCCS1(=O)=O. The third kappa shape index (κ3) is 2.37. The number of sulfone groups is 1. The first-order valence-corrected chi connectivity index (χ1v) is 7.76. The largest absolute Gasteiger partial charge is 0.322 e. The standard InChI is InChI=1S/C11H19N3O2S/c1-2-14-9(6-7-13-14)11(12)10-5-3-4-8-17(10,15)16/h6-7,10-11H,2-5,8,12H2,1H3. The van der Waals surface area contributed by atoms with Crippen LogP contribution in [0.5, 0.6) is 0 Å². The van der Waals surface area contributed by atoms with Crippen molar-refractivity contribution in [2.75, 3.05) is 5.75 Å². The normalized spacial score (nSPS) is 25.6. The molecule has 5 nitrogen and oxygen atoms in total. The molecular formula is C11H19N3O2S. The van der Waals surface area contributed by atoms with E-state index in [0.29, 0.717) is 13.0 Å². The van der Waals surface area contributed by atoms with Gasteiger partial charge < -0.3 is 5.73 Å². The average Bonchev–Trinajstić information content (AvgIpc) is 2.75. The van der Waals surface area contributed by atoms with E-state index in [-0.39, 0.29) is 5.75 Å². The van der Waals surface area contributed by atoms with Crippen LogP contribution in [0.4, 0.5) is 0 Å². The Morgan fingerprint density at radius 2 is 2.35 bits per heavy atom. The predicted octanol–water partition coefficient (Wildman–Crippen LogP) is 0.870. The Kier molecular flexibility index (Phi) is 3.53. The fourth-order valence-corrected chi connectivity index (χ4v) is 4.48. The zero-order chi connectivity index (χ0) is 12.5. The highest BCUT2D eigenvalue weighted by molar-refractivity contribution is 7.92. The van der Waals surface area contributed by atoms with E-state index >= 15 is 0 Å². The molecule has 2 rings (SSSR count). The number of hydrogen-bond acceptors (Lipinski definition) is 4. The molecular weight excluding hydrogens is 238 g/mol. The van der Waals surface area contributed by atoms with E-state index in [0.717, 1.165) is 18.5 Å². The number of hydrogen-bond donors (Lipinski definition) is 1. The Bertz CT molecular complexity index is 481. The highest BCUT2D eigenvalue weighted by Gasteiger charge is 2.35. The number of rotatable bonds is 3. The molecule has 1 fully saturated rings. The van der Waals surface area contributed by atoms with Crippen molar-refractivity contribution in [1.29, 1.82) is 0 Å². The van der Waals surface area contributed by atoms with Gasteiger partial charge in [0.1, 0.15) is 0 Å². The molecule has 17 heavy (non-hydrogen) atoms. The lowest BCUT2D eigenvalue weighted by molar-refractivity contribution is 0.481. The van der Waals surface area contributed by atoms with Crippen molar-refractivity contribution >= 4 is 9.84 Å². The molecule has 1 aromatic heterocycles. The van der Waals surface area contributed by atoms with Crippen LogP contribution in [-0.2, 0) is 16.4 Å². The average molecular weight is 257 g/mol. The summed E-state index contributed by atoms with van der Waals surface area (Å²) >= 11 is 0. The minimum Gasteiger partial charge on any atom is -0.322 e. The van der Waals surface area contributed by atoms with Gasteiger partial charge in [0.15, 0.2) is 9.84 Å². The third-order valence-electron chi connectivity index (χ3n) is 3.42. The van der Waals surface area contributed by atoms with Gasteiger partial charge in [0, 0.05) is 12.7 Å². The van der Waals surface area contributed by atoms with Crippen molar-refractivity contribution < 1.29 is 8.42 Å². The fourth-order valence-electron chi connectivity index (χ4n) is 2.46. The third-order valence-corrected chi connectivity index (χ3v) is 5.73. The Hall–Kier alpha value is -0.880. The highest BCUT2D eigenvalue weighted by atomic mass is 32.2. The quantitative estimate of drug-likeness (QED) is 0.871. The summed E-state index contributed by atoms with van der Waals surface area (Å²) < 4.78 is 25.8. The van der Waals surface area contributed by atoms with Gasteiger partial charge in [-0.15, -0.1) is 0 Å². The van der Waals surface area contributed by atoms with Crippen molar-refractivity contribution in [1.82, 2.24) is 9.78 Å². The van der Waals surface area contributed by atoms with Gasteiger partial charge in [-0.3, -0.25) is 4.68 Å². The lowest BCUT2D eigenvalue weighted by Crippen LogP contribution is -2.38. The van der Waals surface area contributed by atoms with E-state index in [1.807, 2.05) is 13.0 Å². The second kappa shape index (κ2) is 4.78. The molecule has 0 radical (unpaired) electrons. The van der Waals surface area contributed by atoms with Gasteiger partial charge in [0.25, 0.3) is 0 Å². The first-order chi connectivity index (χ1) is 8.06. The van der Waals surface area contributed by atoms with Gasteiger partial charge >= 0.3 is 0 Å². The number of nitrogens with two attached hydrogens (primary N) is 1. The predicted molar refractivity (Wildman–Crippen MR) is 66.3 cm³/mol. The first kappa shape index (κ1) is 12.6. The molecule has 1 aliphatic heterocycles. The molecule has 96 valence electrons. The Labute approximate surface area is 102 Å². The second-order valence-corrected chi connectivity index (χ2v) is 6.84. The second-order valence-electron chi connectivity index (χ2n) is 4.50. The topological polar surface area (TPSA) is 78.0 Å². The van der Waals surface area contributed by atoms with E-state index in [4.69, 9.17) is 5.73 Å². The maximum absolute atomic E-state index is 12.0. The summed E-state index contributed by atoms with van der Waals surface area (Å²) in [7, 11) is -3.04. The molecule has 0 bridgehead atoms. The molecule has 1 aliphatic rings. The van der Waals surface area contributed by atoms with Gasteiger partial charge in [0.2, 0.25) is 0 Å². The van der Waals surface area contributed by atoms with Crippen molar-refractivity contribution in [3.05, 3.63) is 18.0 Å². The first-order valence-electron chi connectivity index (χ1n) is 6.05. The maximum Gasteiger partial charge on any atom is 0.155 e. The van der Waals surface area contributed by atoms with E-state index in [9.17, 15) is 8.42 Å². The van der Waals surface area contributed by atoms with Crippen LogP contribution in [0.25, 0.3) is 0 Å². The molecule has 2 heterocycles. The zero-order valence-electron chi connectivity index (χ0n) is 10.0.